The molecule has 0 bridgehead atoms. The number of benzene rings is 1. The molecule has 0 radical (unpaired) electrons. The second kappa shape index (κ2) is 6.17. The van der Waals surface area contributed by atoms with Gasteiger partial charge in [0.05, 0.1) is 18.4 Å². The van der Waals surface area contributed by atoms with Crippen LogP contribution in [0.3, 0.4) is 0 Å². The van der Waals surface area contributed by atoms with Gasteiger partial charge in [-0.3, -0.25) is 0 Å². The van der Waals surface area contributed by atoms with Crippen LogP contribution < -0.4 is 5.32 Å². The quantitative estimate of drug-likeness (QED) is 0.872. The molecular weight excluding hydrogens is 224 g/mol. The molecule has 1 N–H and O–H groups in total. The first-order valence-corrected chi connectivity index (χ1v) is 6.10. The first kappa shape index (κ1) is 12.6. The Morgan fingerprint density at radius 1 is 1.11 bits per heavy atom. The third-order valence-corrected chi connectivity index (χ3v) is 2.81. The molecule has 2 aromatic rings. The van der Waals surface area contributed by atoms with Crippen LogP contribution in [0.25, 0.3) is 0 Å². The number of anilines is 1. The topological polar surface area (TPSA) is 34.1 Å². The molecule has 1 aromatic heterocycles. The Balaban J connectivity index is 1.95. The third kappa shape index (κ3) is 3.31. The second-order valence-electron chi connectivity index (χ2n) is 4.13. The molecule has 0 aliphatic rings. The van der Waals surface area contributed by atoms with Crippen LogP contribution in [0.4, 0.5) is 5.82 Å². The molecule has 0 aliphatic heterocycles. The molecule has 2 rings (SSSR count). The van der Waals surface area contributed by atoms with Gasteiger partial charge in [-0.2, -0.15) is 0 Å². The van der Waals surface area contributed by atoms with Crippen LogP contribution in [0.1, 0.15) is 24.3 Å². The second-order valence-corrected chi connectivity index (χ2v) is 4.13. The molecule has 0 amide bonds. The molecule has 0 aliphatic carbocycles. The minimum absolute atomic E-state index is 0.0752. The zero-order valence-corrected chi connectivity index (χ0v) is 10.8. The van der Waals surface area contributed by atoms with Crippen LogP contribution in [0.5, 0.6) is 0 Å². The van der Waals surface area contributed by atoms with Gasteiger partial charge in [0.2, 0.25) is 0 Å². The van der Waals surface area contributed by atoms with E-state index in [2.05, 4.69) is 29.4 Å². The Hall–Kier alpha value is -1.87. The van der Waals surface area contributed by atoms with Gasteiger partial charge in [0.1, 0.15) is 5.82 Å². The van der Waals surface area contributed by atoms with Gasteiger partial charge in [0.15, 0.2) is 0 Å². The Morgan fingerprint density at radius 3 is 2.61 bits per heavy atom. The SMILES string of the molecule is CNc1cccc(COC(C)c2ccccc2)n1. The van der Waals surface area contributed by atoms with Gasteiger partial charge in [0, 0.05) is 7.05 Å². The van der Waals surface area contributed by atoms with Crippen molar-refractivity contribution in [2.75, 3.05) is 12.4 Å². The van der Waals surface area contributed by atoms with Crippen LogP contribution in [-0.4, -0.2) is 12.0 Å². The van der Waals surface area contributed by atoms with Crippen LogP contribution in [0.15, 0.2) is 48.5 Å². The lowest BCUT2D eigenvalue weighted by Crippen LogP contribution is -2.03. The van der Waals surface area contributed by atoms with Crippen molar-refractivity contribution in [1.29, 1.82) is 0 Å². The predicted molar refractivity (Wildman–Crippen MR) is 73.4 cm³/mol. The van der Waals surface area contributed by atoms with Crippen molar-refractivity contribution >= 4 is 5.82 Å². The largest absolute Gasteiger partial charge is 0.373 e. The Bertz CT molecular complexity index is 485. The fraction of sp³-hybridized carbons (Fsp3) is 0.267. The van der Waals surface area contributed by atoms with Gasteiger partial charge in [-0.1, -0.05) is 36.4 Å². The Labute approximate surface area is 108 Å². The summed E-state index contributed by atoms with van der Waals surface area (Å²) < 4.78 is 5.82. The molecule has 1 atom stereocenters. The van der Waals surface area contributed by atoms with Crippen molar-refractivity contribution in [3.05, 3.63) is 59.8 Å². The minimum atomic E-state index is 0.0752. The van der Waals surface area contributed by atoms with E-state index < -0.39 is 0 Å². The van der Waals surface area contributed by atoms with Gasteiger partial charge in [-0.15, -0.1) is 0 Å². The molecule has 0 fully saturated rings. The first-order chi connectivity index (χ1) is 8.79. The molecular formula is C15H18N2O. The maximum Gasteiger partial charge on any atom is 0.126 e. The molecule has 1 unspecified atom stereocenters. The maximum atomic E-state index is 5.82. The lowest BCUT2D eigenvalue weighted by atomic mass is 10.1. The molecule has 0 saturated carbocycles. The maximum absolute atomic E-state index is 5.82. The molecule has 3 heteroatoms. The van der Waals surface area contributed by atoms with E-state index in [4.69, 9.17) is 4.74 Å². The van der Waals surface area contributed by atoms with E-state index in [-0.39, 0.29) is 6.10 Å². The number of rotatable bonds is 5. The number of aromatic nitrogens is 1. The summed E-state index contributed by atoms with van der Waals surface area (Å²) in [4.78, 5) is 4.42. The number of hydrogen-bond acceptors (Lipinski definition) is 3. The summed E-state index contributed by atoms with van der Waals surface area (Å²) in [5.41, 5.74) is 2.12. The number of ether oxygens (including phenoxy) is 1. The normalized spacial score (nSPS) is 12.1. The smallest absolute Gasteiger partial charge is 0.126 e. The van der Waals surface area contributed by atoms with Crippen LogP contribution >= 0.6 is 0 Å². The highest BCUT2D eigenvalue weighted by molar-refractivity contribution is 5.34. The summed E-state index contributed by atoms with van der Waals surface area (Å²) in [6.07, 6.45) is 0.0752. The van der Waals surface area contributed by atoms with E-state index >= 15 is 0 Å². The number of nitrogens with zero attached hydrogens (tertiary/aromatic N) is 1. The molecule has 1 aromatic carbocycles. The van der Waals surface area contributed by atoms with E-state index in [0.717, 1.165) is 11.5 Å². The molecule has 1 heterocycles. The van der Waals surface area contributed by atoms with Crippen molar-refractivity contribution in [1.82, 2.24) is 4.98 Å². The molecule has 94 valence electrons. The van der Waals surface area contributed by atoms with Gasteiger partial charge in [-0.05, 0) is 24.6 Å². The number of hydrogen-bond donors (Lipinski definition) is 1. The van der Waals surface area contributed by atoms with Gasteiger partial charge in [-0.25, -0.2) is 4.98 Å². The summed E-state index contributed by atoms with van der Waals surface area (Å²) in [6.45, 7) is 2.57. The van der Waals surface area contributed by atoms with E-state index in [1.165, 1.54) is 5.56 Å². The van der Waals surface area contributed by atoms with Crippen molar-refractivity contribution in [2.45, 2.75) is 19.6 Å². The van der Waals surface area contributed by atoms with E-state index in [0.29, 0.717) is 6.61 Å². The average molecular weight is 242 g/mol. The fourth-order valence-corrected chi connectivity index (χ4v) is 1.73. The van der Waals surface area contributed by atoms with E-state index in [9.17, 15) is 0 Å². The molecule has 0 saturated heterocycles. The Morgan fingerprint density at radius 2 is 1.89 bits per heavy atom. The zero-order valence-electron chi connectivity index (χ0n) is 10.8. The van der Waals surface area contributed by atoms with Gasteiger partial charge < -0.3 is 10.1 Å². The lowest BCUT2D eigenvalue weighted by Gasteiger charge is -2.13. The van der Waals surface area contributed by atoms with Crippen molar-refractivity contribution in [2.24, 2.45) is 0 Å². The molecule has 0 spiro atoms. The molecule has 3 nitrogen and oxygen atoms in total. The van der Waals surface area contributed by atoms with Crippen molar-refractivity contribution in [3.63, 3.8) is 0 Å². The van der Waals surface area contributed by atoms with Gasteiger partial charge in [0.25, 0.3) is 0 Å². The Kier molecular flexibility index (Phi) is 4.31. The van der Waals surface area contributed by atoms with Crippen LogP contribution in [0, 0.1) is 0 Å². The zero-order chi connectivity index (χ0) is 12.8. The average Bonchev–Trinajstić information content (AvgIpc) is 2.46. The van der Waals surface area contributed by atoms with Crippen molar-refractivity contribution in [3.8, 4) is 0 Å². The lowest BCUT2D eigenvalue weighted by molar-refractivity contribution is 0.0506. The highest BCUT2D eigenvalue weighted by atomic mass is 16.5. The van der Waals surface area contributed by atoms with Crippen LogP contribution in [-0.2, 0) is 11.3 Å². The third-order valence-electron chi connectivity index (χ3n) is 2.81. The van der Waals surface area contributed by atoms with E-state index in [1.807, 2.05) is 43.4 Å². The highest BCUT2D eigenvalue weighted by Gasteiger charge is 2.05. The summed E-state index contributed by atoms with van der Waals surface area (Å²) in [7, 11) is 1.86. The van der Waals surface area contributed by atoms with Crippen LogP contribution in [0.2, 0.25) is 0 Å². The van der Waals surface area contributed by atoms with E-state index in [1.54, 1.807) is 0 Å². The predicted octanol–water partition coefficient (Wildman–Crippen LogP) is 3.40. The monoisotopic (exact) mass is 242 g/mol. The minimum Gasteiger partial charge on any atom is -0.373 e. The standard InChI is InChI=1S/C15H18N2O/c1-12(13-7-4-3-5-8-13)18-11-14-9-6-10-15(16-2)17-14/h3-10,12H,11H2,1-2H3,(H,16,17). The van der Waals surface area contributed by atoms with Crippen molar-refractivity contribution < 1.29 is 4.74 Å². The number of pyridine rings is 1. The van der Waals surface area contributed by atoms with Gasteiger partial charge >= 0.3 is 0 Å². The summed E-state index contributed by atoms with van der Waals surface area (Å²) >= 11 is 0. The number of nitrogens with one attached hydrogen (secondary N) is 1. The summed E-state index contributed by atoms with van der Waals surface area (Å²) in [6, 6.07) is 16.1. The first-order valence-electron chi connectivity index (χ1n) is 6.10. The highest BCUT2D eigenvalue weighted by Crippen LogP contribution is 2.17. The fourth-order valence-electron chi connectivity index (χ4n) is 1.73. The molecule has 18 heavy (non-hydrogen) atoms. The summed E-state index contributed by atoms with van der Waals surface area (Å²) in [5, 5.41) is 3.02. The summed E-state index contributed by atoms with van der Waals surface area (Å²) in [5.74, 6) is 0.864.